The Morgan fingerprint density at radius 2 is 1.83 bits per heavy atom. The fourth-order valence-corrected chi connectivity index (χ4v) is 1.55. The number of aliphatic hydroxyl groups is 1. The SMILES string of the molecule is CCCCNCC(O)c1ccc(C(F)(F)F)cc1. The van der Waals surface area contributed by atoms with E-state index in [0.717, 1.165) is 31.5 Å². The zero-order valence-electron chi connectivity index (χ0n) is 10.3. The van der Waals surface area contributed by atoms with E-state index in [1.165, 1.54) is 12.1 Å². The van der Waals surface area contributed by atoms with Gasteiger partial charge in [0.05, 0.1) is 11.7 Å². The molecule has 18 heavy (non-hydrogen) atoms. The number of alkyl halides is 3. The third kappa shape index (κ3) is 4.66. The molecular weight excluding hydrogens is 243 g/mol. The number of rotatable bonds is 6. The van der Waals surface area contributed by atoms with Crippen molar-refractivity contribution in [1.82, 2.24) is 5.32 Å². The van der Waals surface area contributed by atoms with Crippen LogP contribution in [0.15, 0.2) is 24.3 Å². The van der Waals surface area contributed by atoms with Crippen LogP contribution in [0.3, 0.4) is 0 Å². The molecule has 0 aliphatic carbocycles. The first-order chi connectivity index (χ1) is 8.45. The lowest BCUT2D eigenvalue weighted by Gasteiger charge is -2.13. The summed E-state index contributed by atoms with van der Waals surface area (Å²) in [5.41, 5.74) is -0.204. The largest absolute Gasteiger partial charge is 0.416 e. The van der Waals surface area contributed by atoms with Gasteiger partial charge in [0.15, 0.2) is 0 Å². The summed E-state index contributed by atoms with van der Waals surface area (Å²) < 4.78 is 37.0. The topological polar surface area (TPSA) is 32.3 Å². The van der Waals surface area contributed by atoms with Crippen LogP contribution < -0.4 is 5.32 Å². The average Bonchev–Trinajstić information content (AvgIpc) is 2.33. The Morgan fingerprint density at radius 3 is 2.33 bits per heavy atom. The maximum atomic E-state index is 12.3. The maximum Gasteiger partial charge on any atom is 0.416 e. The van der Waals surface area contributed by atoms with Crippen molar-refractivity contribution in [3.8, 4) is 0 Å². The lowest BCUT2D eigenvalue weighted by atomic mass is 10.1. The number of benzene rings is 1. The van der Waals surface area contributed by atoms with Crippen molar-refractivity contribution in [2.75, 3.05) is 13.1 Å². The Bertz CT molecular complexity index is 348. The summed E-state index contributed by atoms with van der Waals surface area (Å²) in [4.78, 5) is 0. The molecule has 1 atom stereocenters. The molecular formula is C13H18F3NO. The van der Waals surface area contributed by atoms with E-state index < -0.39 is 17.8 Å². The molecule has 0 radical (unpaired) electrons. The molecule has 2 nitrogen and oxygen atoms in total. The molecule has 0 saturated heterocycles. The molecule has 5 heteroatoms. The molecule has 0 aromatic heterocycles. The van der Waals surface area contributed by atoms with E-state index in [0.29, 0.717) is 12.1 Å². The Hall–Kier alpha value is -1.07. The number of hydrogen-bond acceptors (Lipinski definition) is 2. The first-order valence-corrected chi connectivity index (χ1v) is 6.01. The molecule has 0 fully saturated rings. The van der Waals surface area contributed by atoms with Gasteiger partial charge in [-0.15, -0.1) is 0 Å². The summed E-state index contributed by atoms with van der Waals surface area (Å²) in [6.45, 7) is 3.22. The minimum atomic E-state index is -4.33. The molecule has 0 bridgehead atoms. The van der Waals surface area contributed by atoms with Crippen LogP contribution in [-0.4, -0.2) is 18.2 Å². The molecule has 102 valence electrons. The summed E-state index contributed by atoms with van der Waals surface area (Å²) in [6.07, 6.45) is -3.03. The fraction of sp³-hybridized carbons (Fsp3) is 0.538. The summed E-state index contributed by atoms with van der Waals surface area (Å²) in [5.74, 6) is 0. The second-order valence-corrected chi connectivity index (χ2v) is 4.19. The Kier molecular flexibility index (Phi) is 5.62. The monoisotopic (exact) mass is 261 g/mol. The van der Waals surface area contributed by atoms with Crippen molar-refractivity contribution in [3.05, 3.63) is 35.4 Å². The van der Waals surface area contributed by atoms with E-state index in [9.17, 15) is 18.3 Å². The van der Waals surface area contributed by atoms with Crippen molar-refractivity contribution in [1.29, 1.82) is 0 Å². The predicted molar refractivity (Wildman–Crippen MR) is 64.2 cm³/mol. The van der Waals surface area contributed by atoms with E-state index >= 15 is 0 Å². The summed E-state index contributed by atoms with van der Waals surface area (Å²) in [5, 5.41) is 12.8. The van der Waals surface area contributed by atoms with Crippen LogP contribution in [0.25, 0.3) is 0 Å². The average molecular weight is 261 g/mol. The smallest absolute Gasteiger partial charge is 0.387 e. The lowest BCUT2D eigenvalue weighted by Crippen LogP contribution is -2.22. The highest BCUT2D eigenvalue weighted by molar-refractivity contribution is 5.26. The first-order valence-electron chi connectivity index (χ1n) is 6.01. The molecule has 0 saturated carbocycles. The lowest BCUT2D eigenvalue weighted by molar-refractivity contribution is -0.137. The minimum Gasteiger partial charge on any atom is -0.387 e. The van der Waals surface area contributed by atoms with E-state index in [1.807, 2.05) is 0 Å². The van der Waals surface area contributed by atoms with Crippen molar-refractivity contribution < 1.29 is 18.3 Å². The van der Waals surface area contributed by atoms with E-state index in [2.05, 4.69) is 12.2 Å². The van der Waals surface area contributed by atoms with E-state index in [1.54, 1.807) is 0 Å². The summed E-state index contributed by atoms with van der Waals surface area (Å²) in [7, 11) is 0. The molecule has 0 aliphatic rings. The zero-order chi connectivity index (χ0) is 13.6. The molecule has 2 N–H and O–H groups in total. The molecule has 0 aliphatic heterocycles. The van der Waals surface area contributed by atoms with Crippen molar-refractivity contribution in [2.24, 2.45) is 0 Å². The van der Waals surface area contributed by atoms with Gasteiger partial charge in [0.1, 0.15) is 0 Å². The van der Waals surface area contributed by atoms with Gasteiger partial charge < -0.3 is 10.4 Å². The van der Waals surface area contributed by atoms with Crippen molar-refractivity contribution in [2.45, 2.75) is 32.0 Å². The van der Waals surface area contributed by atoms with Gasteiger partial charge in [0.2, 0.25) is 0 Å². The third-order valence-electron chi connectivity index (χ3n) is 2.67. The van der Waals surface area contributed by atoms with Crippen LogP contribution in [-0.2, 0) is 6.18 Å². The molecule has 1 aromatic rings. The Morgan fingerprint density at radius 1 is 1.22 bits per heavy atom. The number of unbranched alkanes of at least 4 members (excludes halogenated alkanes) is 1. The van der Waals surface area contributed by atoms with Crippen molar-refractivity contribution >= 4 is 0 Å². The highest BCUT2D eigenvalue weighted by Crippen LogP contribution is 2.29. The Labute approximate surface area is 105 Å². The molecule has 1 aromatic carbocycles. The predicted octanol–water partition coefficient (Wildman–Crippen LogP) is 3.13. The van der Waals surface area contributed by atoms with E-state index in [-0.39, 0.29) is 0 Å². The second-order valence-electron chi connectivity index (χ2n) is 4.19. The normalized spacial score (nSPS) is 13.6. The second kappa shape index (κ2) is 6.75. The van der Waals surface area contributed by atoms with Crippen LogP contribution in [0.2, 0.25) is 0 Å². The first kappa shape index (κ1) is 15.0. The minimum absolute atomic E-state index is 0.353. The fourth-order valence-electron chi connectivity index (χ4n) is 1.55. The van der Waals surface area contributed by atoms with Gasteiger partial charge in [-0.3, -0.25) is 0 Å². The number of nitrogens with one attached hydrogen (secondary N) is 1. The van der Waals surface area contributed by atoms with E-state index in [4.69, 9.17) is 0 Å². The summed E-state index contributed by atoms with van der Waals surface area (Å²) >= 11 is 0. The van der Waals surface area contributed by atoms with Gasteiger partial charge in [-0.25, -0.2) is 0 Å². The summed E-state index contributed by atoms with van der Waals surface area (Å²) in [6, 6.07) is 4.61. The van der Waals surface area contributed by atoms with Crippen molar-refractivity contribution in [3.63, 3.8) is 0 Å². The van der Waals surface area contributed by atoms with Gasteiger partial charge >= 0.3 is 6.18 Å². The molecule has 1 unspecified atom stereocenters. The zero-order valence-corrected chi connectivity index (χ0v) is 10.3. The standard InChI is InChI=1S/C13H18F3NO/c1-2-3-8-17-9-12(18)10-4-6-11(7-5-10)13(14,15)16/h4-7,12,17-18H,2-3,8-9H2,1H3. The van der Waals surface area contributed by atoms with Crippen LogP contribution in [0.1, 0.15) is 37.0 Å². The van der Waals surface area contributed by atoms with Gasteiger partial charge in [0.25, 0.3) is 0 Å². The number of aliphatic hydroxyl groups excluding tert-OH is 1. The third-order valence-corrected chi connectivity index (χ3v) is 2.67. The molecule has 1 rings (SSSR count). The highest BCUT2D eigenvalue weighted by atomic mass is 19.4. The highest BCUT2D eigenvalue weighted by Gasteiger charge is 2.30. The molecule has 0 spiro atoms. The molecule has 0 heterocycles. The van der Waals surface area contributed by atoms with Gasteiger partial charge in [0, 0.05) is 6.54 Å². The van der Waals surface area contributed by atoms with Crippen LogP contribution in [0.5, 0.6) is 0 Å². The van der Waals surface area contributed by atoms with Crippen LogP contribution >= 0.6 is 0 Å². The van der Waals surface area contributed by atoms with Crippen LogP contribution in [0.4, 0.5) is 13.2 Å². The quantitative estimate of drug-likeness (QED) is 0.771. The van der Waals surface area contributed by atoms with Crippen LogP contribution in [0, 0.1) is 0 Å². The maximum absolute atomic E-state index is 12.3. The molecule has 0 amide bonds. The van der Waals surface area contributed by atoms with Gasteiger partial charge in [-0.1, -0.05) is 25.5 Å². The van der Waals surface area contributed by atoms with Gasteiger partial charge in [-0.2, -0.15) is 13.2 Å². The number of halogens is 3. The van der Waals surface area contributed by atoms with Gasteiger partial charge in [-0.05, 0) is 30.7 Å². The number of hydrogen-bond donors (Lipinski definition) is 2. The Balaban J connectivity index is 2.51.